The number of carboxylic acids is 1. The van der Waals surface area contributed by atoms with Gasteiger partial charge in [0.15, 0.2) is 0 Å². The number of carboxylic acid groups (broad SMARTS) is 1. The zero-order valence-electron chi connectivity index (χ0n) is 8.47. The normalized spacial score (nSPS) is 12.7. The van der Waals surface area contributed by atoms with Gasteiger partial charge in [-0.25, -0.2) is 4.98 Å². The summed E-state index contributed by atoms with van der Waals surface area (Å²) in [6.45, 7) is 0.469. The minimum absolute atomic E-state index is 0.0678. The van der Waals surface area contributed by atoms with E-state index in [2.05, 4.69) is 4.98 Å². The van der Waals surface area contributed by atoms with Gasteiger partial charge in [0.1, 0.15) is 5.01 Å². The first kappa shape index (κ1) is 12.1. The van der Waals surface area contributed by atoms with Crippen LogP contribution in [0, 0.1) is 0 Å². The number of aromatic nitrogens is 1. The topological polar surface area (TPSA) is 85.4 Å². The van der Waals surface area contributed by atoms with Crippen LogP contribution in [0.15, 0.2) is 5.38 Å². The molecule has 6 heteroatoms. The van der Waals surface area contributed by atoms with Gasteiger partial charge in [0, 0.05) is 25.0 Å². The second-order valence-corrected chi connectivity index (χ2v) is 4.08. The van der Waals surface area contributed by atoms with Gasteiger partial charge in [-0.2, -0.15) is 0 Å². The minimum Gasteiger partial charge on any atom is -0.481 e. The lowest BCUT2D eigenvalue weighted by Crippen LogP contribution is -2.12. The Hall–Kier alpha value is -0.980. The number of hydrogen-bond acceptors (Lipinski definition) is 5. The molecule has 0 saturated carbocycles. The molecule has 1 unspecified atom stereocenters. The lowest BCUT2D eigenvalue weighted by atomic mass is 10.1. The van der Waals surface area contributed by atoms with Gasteiger partial charge in [-0.15, -0.1) is 11.3 Å². The molecule has 5 nitrogen and oxygen atoms in total. The standard InChI is InChI=1S/C9H14N2O3S/c1-14-4-8-11-7(5-15-8)6(10)2-3-9(12)13/h5-6H,2-4,10H2,1H3,(H,12,13). The summed E-state index contributed by atoms with van der Waals surface area (Å²) in [6.07, 6.45) is 0.476. The largest absolute Gasteiger partial charge is 0.481 e. The first-order valence-corrected chi connectivity index (χ1v) is 5.42. The maximum absolute atomic E-state index is 10.3. The molecule has 0 spiro atoms. The van der Waals surface area contributed by atoms with E-state index in [9.17, 15) is 4.79 Å². The van der Waals surface area contributed by atoms with Crippen molar-refractivity contribution < 1.29 is 14.6 Å². The van der Waals surface area contributed by atoms with Crippen molar-refractivity contribution in [3.63, 3.8) is 0 Å². The number of nitrogens with zero attached hydrogens (tertiary/aromatic N) is 1. The molecule has 0 amide bonds. The van der Waals surface area contributed by atoms with Crippen molar-refractivity contribution in [3.8, 4) is 0 Å². The molecule has 0 bridgehead atoms. The van der Waals surface area contributed by atoms with E-state index in [1.807, 2.05) is 5.38 Å². The van der Waals surface area contributed by atoms with E-state index in [0.29, 0.717) is 13.0 Å². The predicted octanol–water partition coefficient (Wildman–Crippen LogP) is 1.15. The van der Waals surface area contributed by atoms with Crippen molar-refractivity contribution in [2.24, 2.45) is 5.73 Å². The third-order valence-corrected chi connectivity index (χ3v) is 2.73. The monoisotopic (exact) mass is 230 g/mol. The second-order valence-electron chi connectivity index (χ2n) is 3.14. The predicted molar refractivity (Wildman–Crippen MR) is 56.6 cm³/mol. The third kappa shape index (κ3) is 3.94. The number of nitrogens with two attached hydrogens (primary N) is 1. The molecule has 0 aromatic carbocycles. The summed E-state index contributed by atoms with van der Waals surface area (Å²) in [5.41, 5.74) is 6.54. The average Bonchev–Trinajstić information content (AvgIpc) is 2.63. The van der Waals surface area contributed by atoms with Crippen LogP contribution in [-0.2, 0) is 16.1 Å². The molecule has 1 heterocycles. The summed E-state index contributed by atoms with van der Waals surface area (Å²) in [4.78, 5) is 14.6. The summed E-state index contributed by atoms with van der Waals surface area (Å²) in [5, 5.41) is 11.2. The van der Waals surface area contributed by atoms with Gasteiger partial charge in [0.2, 0.25) is 0 Å². The van der Waals surface area contributed by atoms with Gasteiger partial charge in [0.25, 0.3) is 0 Å². The Bertz CT molecular complexity index is 327. The lowest BCUT2D eigenvalue weighted by Gasteiger charge is -2.05. The lowest BCUT2D eigenvalue weighted by molar-refractivity contribution is -0.137. The molecular formula is C9H14N2O3S. The average molecular weight is 230 g/mol. The third-order valence-electron chi connectivity index (χ3n) is 1.89. The fraction of sp³-hybridized carbons (Fsp3) is 0.556. The summed E-state index contributed by atoms with van der Waals surface area (Å²) >= 11 is 1.47. The Balaban J connectivity index is 2.50. The van der Waals surface area contributed by atoms with Crippen molar-refractivity contribution in [1.29, 1.82) is 0 Å². The Morgan fingerprint density at radius 3 is 3.13 bits per heavy atom. The second kappa shape index (κ2) is 5.79. The molecule has 0 fully saturated rings. The van der Waals surface area contributed by atoms with Crippen LogP contribution in [0.3, 0.4) is 0 Å². The van der Waals surface area contributed by atoms with E-state index < -0.39 is 5.97 Å². The molecule has 0 saturated heterocycles. The fourth-order valence-electron chi connectivity index (χ4n) is 1.11. The number of carbonyl (C=O) groups is 1. The molecule has 3 N–H and O–H groups in total. The molecule has 1 rings (SSSR count). The van der Waals surface area contributed by atoms with Crippen LogP contribution in [0.2, 0.25) is 0 Å². The molecule has 0 aliphatic rings. The summed E-state index contributed by atoms with van der Waals surface area (Å²) in [6, 6.07) is -0.303. The SMILES string of the molecule is COCc1nc(C(N)CCC(=O)O)cs1. The van der Waals surface area contributed by atoms with Crippen LogP contribution in [-0.4, -0.2) is 23.2 Å². The molecule has 0 aliphatic heterocycles. The number of ether oxygens (including phenoxy) is 1. The van der Waals surface area contributed by atoms with Crippen LogP contribution < -0.4 is 5.73 Å². The van der Waals surface area contributed by atoms with Crippen molar-refractivity contribution >= 4 is 17.3 Å². The van der Waals surface area contributed by atoms with E-state index >= 15 is 0 Å². The van der Waals surface area contributed by atoms with Gasteiger partial charge < -0.3 is 15.6 Å². The van der Waals surface area contributed by atoms with Crippen molar-refractivity contribution in [3.05, 3.63) is 16.1 Å². The molecular weight excluding hydrogens is 216 g/mol. The highest BCUT2D eigenvalue weighted by Gasteiger charge is 2.12. The van der Waals surface area contributed by atoms with Gasteiger partial charge in [-0.1, -0.05) is 0 Å². The number of rotatable bonds is 6. The van der Waals surface area contributed by atoms with Gasteiger partial charge in [-0.05, 0) is 6.42 Å². The highest BCUT2D eigenvalue weighted by Crippen LogP contribution is 2.19. The van der Waals surface area contributed by atoms with Crippen LogP contribution in [0.4, 0.5) is 0 Å². The van der Waals surface area contributed by atoms with Crippen LogP contribution >= 0.6 is 11.3 Å². The van der Waals surface area contributed by atoms with E-state index in [4.69, 9.17) is 15.6 Å². The molecule has 84 valence electrons. The van der Waals surface area contributed by atoms with Crippen LogP contribution in [0.1, 0.15) is 29.6 Å². The molecule has 1 atom stereocenters. The van der Waals surface area contributed by atoms with Gasteiger partial charge in [-0.3, -0.25) is 4.79 Å². The van der Waals surface area contributed by atoms with E-state index in [-0.39, 0.29) is 12.5 Å². The van der Waals surface area contributed by atoms with E-state index in [1.165, 1.54) is 11.3 Å². The zero-order valence-corrected chi connectivity index (χ0v) is 9.29. The highest BCUT2D eigenvalue weighted by molar-refractivity contribution is 7.09. The van der Waals surface area contributed by atoms with E-state index in [0.717, 1.165) is 10.7 Å². The Morgan fingerprint density at radius 1 is 1.80 bits per heavy atom. The quantitative estimate of drug-likeness (QED) is 0.765. The maximum Gasteiger partial charge on any atom is 0.303 e. The van der Waals surface area contributed by atoms with Crippen molar-refractivity contribution in [1.82, 2.24) is 4.98 Å². The Kier molecular flexibility index (Phi) is 4.67. The van der Waals surface area contributed by atoms with Crippen molar-refractivity contribution in [2.45, 2.75) is 25.5 Å². The van der Waals surface area contributed by atoms with Gasteiger partial charge >= 0.3 is 5.97 Å². The van der Waals surface area contributed by atoms with Crippen LogP contribution in [0.5, 0.6) is 0 Å². The van der Waals surface area contributed by atoms with Crippen molar-refractivity contribution in [2.75, 3.05) is 7.11 Å². The highest BCUT2D eigenvalue weighted by atomic mass is 32.1. The number of hydrogen-bond donors (Lipinski definition) is 2. The molecule has 0 radical (unpaired) electrons. The number of aliphatic carboxylic acids is 1. The summed E-state index contributed by atoms with van der Waals surface area (Å²) < 4.78 is 4.93. The smallest absolute Gasteiger partial charge is 0.303 e. The van der Waals surface area contributed by atoms with Crippen LogP contribution in [0.25, 0.3) is 0 Å². The Labute approximate surface area is 91.9 Å². The fourth-order valence-corrected chi connectivity index (χ4v) is 1.94. The molecule has 1 aromatic rings. The zero-order chi connectivity index (χ0) is 11.3. The van der Waals surface area contributed by atoms with Gasteiger partial charge in [0.05, 0.1) is 12.3 Å². The maximum atomic E-state index is 10.3. The summed E-state index contributed by atoms with van der Waals surface area (Å²) in [5.74, 6) is -0.835. The first-order chi connectivity index (χ1) is 7.13. The first-order valence-electron chi connectivity index (χ1n) is 4.54. The molecule has 0 aliphatic carbocycles. The Morgan fingerprint density at radius 2 is 2.53 bits per heavy atom. The van der Waals surface area contributed by atoms with E-state index in [1.54, 1.807) is 7.11 Å². The molecule has 15 heavy (non-hydrogen) atoms. The minimum atomic E-state index is -0.835. The molecule has 1 aromatic heterocycles. The number of thiazole rings is 1. The number of methoxy groups -OCH3 is 1. The summed E-state index contributed by atoms with van der Waals surface area (Å²) in [7, 11) is 1.60.